The van der Waals surface area contributed by atoms with Gasteiger partial charge in [0.2, 0.25) is 10.0 Å². The largest absolute Gasteiger partial charge is 0.361 e. The number of fused-ring (bicyclic) bond motifs is 1. The monoisotopic (exact) mass is 467 g/mol. The molecule has 166 valence electrons. The topological polar surface area (TPSA) is 91.1 Å². The van der Waals surface area contributed by atoms with Crippen LogP contribution in [0.1, 0.15) is 31.6 Å². The standard InChI is InChI=1S/C24H25N3O3S2/c1-32(29,30)27-14-13-18-11-12-23(31-18)24(28)26-15-20(17-7-3-2-4-8-17)21-16-25-22-10-6-5-9-19(21)22/h2-12,16,20,25,27H,13-15H2,1H3,(H,26,28). The fourth-order valence-electron chi connectivity index (χ4n) is 3.75. The van der Waals surface area contributed by atoms with Crippen molar-refractivity contribution in [2.24, 2.45) is 0 Å². The Labute approximate surface area is 191 Å². The fraction of sp³-hybridized carbons (Fsp3) is 0.208. The summed E-state index contributed by atoms with van der Waals surface area (Å²) in [5.74, 6) is -0.118. The van der Waals surface area contributed by atoms with Gasteiger partial charge in [-0.1, -0.05) is 48.5 Å². The van der Waals surface area contributed by atoms with Gasteiger partial charge in [-0.15, -0.1) is 11.3 Å². The van der Waals surface area contributed by atoms with Gasteiger partial charge in [0.25, 0.3) is 5.91 Å². The molecule has 0 aliphatic rings. The molecule has 0 spiro atoms. The Kier molecular flexibility index (Phi) is 6.74. The van der Waals surface area contributed by atoms with Crippen LogP contribution in [0.25, 0.3) is 10.9 Å². The second-order valence-corrected chi connectivity index (χ2v) is 10.6. The quantitative estimate of drug-likeness (QED) is 0.349. The first-order valence-electron chi connectivity index (χ1n) is 10.3. The molecule has 1 atom stereocenters. The molecule has 4 aromatic rings. The third kappa shape index (κ3) is 5.45. The van der Waals surface area contributed by atoms with Crippen LogP contribution in [0.15, 0.2) is 72.9 Å². The van der Waals surface area contributed by atoms with Crippen molar-refractivity contribution in [3.05, 3.63) is 93.8 Å². The zero-order valence-electron chi connectivity index (χ0n) is 17.7. The number of benzene rings is 2. The summed E-state index contributed by atoms with van der Waals surface area (Å²) in [6, 6.07) is 22.0. The van der Waals surface area contributed by atoms with E-state index in [0.29, 0.717) is 24.4 Å². The predicted molar refractivity (Wildman–Crippen MR) is 130 cm³/mol. The van der Waals surface area contributed by atoms with Crippen LogP contribution in [0.3, 0.4) is 0 Å². The third-order valence-electron chi connectivity index (χ3n) is 5.29. The van der Waals surface area contributed by atoms with Crippen molar-refractivity contribution in [1.29, 1.82) is 0 Å². The lowest BCUT2D eigenvalue weighted by atomic mass is 9.91. The molecule has 0 saturated heterocycles. The number of carbonyl (C=O) groups excluding carboxylic acids is 1. The molecule has 4 rings (SSSR count). The van der Waals surface area contributed by atoms with Gasteiger partial charge < -0.3 is 10.3 Å². The Bertz CT molecular complexity index is 1310. The minimum absolute atomic E-state index is 0.00898. The van der Waals surface area contributed by atoms with Gasteiger partial charge in [-0.2, -0.15) is 0 Å². The molecule has 32 heavy (non-hydrogen) atoms. The van der Waals surface area contributed by atoms with Crippen LogP contribution in [-0.2, 0) is 16.4 Å². The van der Waals surface area contributed by atoms with E-state index in [2.05, 4.69) is 33.2 Å². The van der Waals surface area contributed by atoms with Gasteiger partial charge in [-0.05, 0) is 35.7 Å². The van der Waals surface area contributed by atoms with Gasteiger partial charge in [-0.25, -0.2) is 13.1 Å². The van der Waals surface area contributed by atoms with Gasteiger partial charge in [0, 0.05) is 41.0 Å². The number of carbonyl (C=O) groups is 1. The molecule has 0 bridgehead atoms. The maximum absolute atomic E-state index is 12.8. The molecule has 8 heteroatoms. The fourth-order valence-corrected chi connectivity index (χ4v) is 5.15. The van der Waals surface area contributed by atoms with E-state index in [9.17, 15) is 13.2 Å². The third-order valence-corrected chi connectivity index (χ3v) is 7.16. The predicted octanol–water partition coefficient (Wildman–Crippen LogP) is 3.88. The van der Waals surface area contributed by atoms with Crippen molar-refractivity contribution >= 4 is 38.2 Å². The Hall–Kier alpha value is -2.94. The molecule has 0 radical (unpaired) electrons. The number of rotatable bonds is 9. The highest BCUT2D eigenvalue weighted by Crippen LogP contribution is 2.30. The summed E-state index contributed by atoms with van der Waals surface area (Å²) in [6.07, 6.45) is 3.71. The zero-order chi connectivity index (χ0) is 22.6. The number of aromatic nitrogens is 1. The molecule has 1 amide bonds. The molecule has 0 fully saturated rings. The summed E-state index contributed by atoms with van der Waals surface area (Å²) in [7, 11) is -3.21. The molecule has 2 heterocycles. The van der Waals surface area contributed by atoms with Crippen molar-refractivity contribution in [2.45, 2.75) is 12.3 Å². The smallest absolute Gasteiger partial charge is 0.261 e. The number of para-hydroxylation sites is 1. The number of thiophene rings is 1. The van der Waals surface area contributed by atoms with Crippen LogP contribution in [0, 0.1) is 0 Å². The Morgan fingerprint density at radius 3 is 2.56 bits per heavy atom. The number of hydrogen-bond donors (Lipinski definition) is 3. The number of amides is 1. The molecule has 3 N–H and O–H groups in total. The minimum atomic E-state index is -3.21. The highest BCUT2D eigenvalue weighted by Gasteiger charge is 2.20. The maximum atomic E-state index is 12.8. The molecular weight excluding hydrogens is 442 g/mol. The Balaban J connectivity index is 1.48. The van der Waals surface area contributed by atoms with Crippen LogP contribution < -0.4 is 10.0 Å². The second-order valence-electron chi connectivity index (χ2n) is 7.65. The van der Waals surface area contributed by atoms with Gasteiger partial charge in [0.15, 0.2) is 0 Å². The first kappa shape index (κ1) is 22.3. The van der Waals surface area contributed by atoms with Gasteiger partial charge in [0.1, 0.15) is 0 Å². The highest BCUT2D eigenvalue weighted by molar-refractivity contribution is 7.88. The average molecular weight is 468 g/mol. The van der Waals surface area contributed by atoms with Gasteiger partial charge in [-0.3, -0.25) is 4.79 Å². The Morgan fingerprint density at radius 2 is 1.78 bits per heavy atom. The summed E-state index contributed by atoms with van der Waals surface area (Å²) >= 11 is 1.39. The highest BCUT2D eigenvalue weighted by atomic mass is 32.2. The summed E-state index contributed by atoms with van der Waals surface area (Å²) in [5, 5.41) is 4.24. The number of nitrogens with one attached hydrogen (secondary N) is 3. The first-order chi connectivity index (χ1) is 15.4. The van der Waals surface area contributed by atoms with Crippen LogP contribution in [0.5, 0.6) is 0 Å². The molecule has 6 nitrogen and oxygen atoms in total. The summed E-state index contributed by atoms with van der Waals surface area (Å²) in [4.78, 5) is 17.7. The van der Waals surface area contributed by atoms with Crippen molar-refractivity contribution in [1.82, 2.24) is 15.0 Å². The van der Waals surface area contributed by atoms with Crippen LogP contribution in [0.2, 0.25) is 0 Å². The maximum Gasteiger partial charge on any atom is 0.261 e. The normalized spacial score (nSPS) is 12.7. The number of aromatic amines is 1. The summed E-state index contributed by atoms with van der Waals surface area (Å²) in [6.45, 7) is 0.782. The summed E-state index contributed by atoms with van der Waals surface area (Å²) in [5.41, 5.74) is 3.35. The second kappa shape index (κ2) is 9.68. The van der Waals surface area contributed by atoms with E-state index in [1.807, 2.05) is 48.7 Å². The number of H-pyrrole nitrogens is 1. The lowest BCUT2D eigenvalue weighted by Crippen LogP contribution is -2.28. The summed E-state index contributed by atoms with van der Waals surface area (Å²) < 4.78 is 24.9. The van der Waals surface area contributed by atoms with E-state index in [4.69, 9.17) is 0 Å². The van der Waals surface area contributed by atoms with Crippen molar-refractivity contribution < 1.29 is 13.2 Å². The lowest BCUT2D eigenvalue weighted by Gasteiger charge is -2.18. The minimum Gasteiger partial charge on any atom is -0.361 e. The average Bonchev–Trinajstić information content (AvgIpc) is 3.41. The van der Waals surface area contributed by atoms with Gasteiger partial charge >= 0.3 is 0 Å². The van der Waals surface area contributed by atoms with E-state index in [0.717, 1.165) is 33.2 Å². The van der Waals surface area contributed by atoms with E-state index < -0.39 is 10.0 Å². The number of sulfonamides is 1. The number of hydrogen-bond acceptors (Lipinski definition) is 4. The van der Waals surface area contributed by atoms with Crippen molar-refractivity contribution in [2.75, 3.05) is 19.3 Å². The molecule has 0 aliphatic heterocycles. The van der Waals surface area contributed by atoms with E-state index in [1.54, 1.807) is 6.07 Å². The zero-order valence-corrected chi connectivity index (χ0v) is 19.3. The molecular formula is C24H25N3O3S2. The van der Waals surface area contributed by atoms with Crippen LogP contribution in [-0.4, -0.2) is 38.7 Å². The van der Waals surface area contributed by atoms with E-state index in [1.165, 1.54) is 11.3 Å². The Morgan fingerprint density at radius 1 is 1.03 bits per heavy atom. The SMILES string of the molecule is CS(=O)(=O)NCCc1ccc(C(=O)NCC(c2ccccc2)c2c[nH]c3ccccc23)s1. The van der Waals surface area contributed by atoms with E-state index >= 15 is 0 Å². The lowest BCUT2D eigenvalue weighted by molar-refractivity contribution is 0.0956. The van der Waals surface area contributed by atoms with Crippen molar-refractivity contribution in [3.63, 3.8) is 0 Å². The van der Waals surface area contributed by atoms with Crippen LogP contribution in [0.4, 0.5) is 0 Å². The van der Waals surface area contributed by atoms with Crippen molar-refractivity contribution in [3.8, 4) is 0 Å². The molecule has 0 saturated carbocycles. The van der Waals surface area contributed by atoms with Gasteiger partial charge in [0.05, 0.1) is 11.1 Å². The molecule has 2 aromatic carbocycles. The first-order valence-corrected chi connectivity index (χ1v) is 13.0. The molecule has 0 aliphatic carbocycles. The van der Waals surface area contributed by atoms with E-state index in [-0.39, 0.29) is 11.8 Å². The molecule has 2 aromatic heterocycles. The molecule has 1 unspecified atom stereocenters. The van der Waals surface area contributed by atoms with Crippen LogP contribution >= 0.6 is 11.3 Å².